The van der Waals surface area contributed by atoms with E-state index in [1.54, 1.807) is 0 Å². The quantitative estimate of drug-likeness (QED) is 0.424. The van der Waals surface area contributed by atoms with Gasteiger partial charge in [0.2, 0.25) is 5.84 Å². The fourth-order valence-corrected chi connectivity index (χ4v) is 0.288. The number of halogens is 3. The van der Waals surface area contributed by atoms with Crippen LogP contribution in [0.25, 0.3) is 0 Å². The molecule has 2 N–H and O–H groups in total. The Bertz CT molecular complexity index is 192. The predicted molar refractivity (Wildman–Crippen MR) is 36.7 cm³/mol. The van der Waals surface area contributed by atoms with Crippen LogP contribution >= 0.6 is 0 Å². The van der Waals surface area contributed by atoms with Crippen molar-refractivity contribution in [2.45, 2.75) is 13.1 Å². The Morgan fingerprint density at radius 1 is 1.36 bits per heavy atom. The van der Waals surface area contributed by atoms with E-state index in [2.05, 4.69) is 15.7 Å². The second kappa shape index (κ2) is 3.36. The summed E-state index contributed by atoms with van der Waals surface area (Å²) in [6.45, 7) is 1.33. The fraction of sp³-hybridized carbons (Fsp3) is 0.600. The highest BCUT2D eigenvalue weighted by atomic mass is 19.4. The first kappa shape index (κ1) is 9.93. The molecule has 0 unspecified atom stereocenters. The molecule has 0 amide bonds. The third-order valence-corrected chi connectivity index (χ3v) is 0.896. The van der Waals surface area contributed by atoms with Crippen molar-refractivity contribution in [1.29, 1.82) is 0 Å². The number of aliphatic imine (C=N–C) groups is 2. The number of nitrogens with zero attached hydrogens (tertiary/aromatic N) is 2. The topological polar surface area (TPSA) is 50.7 Å². The van der Waals surface area contributed by atoms with Gasteiger partial charge in [-0.15, -0.1) is 0 Å². The van der Waals surface area contributed by atoms with E-state index in [-0.39, 0.29) is 5.84 Å². The summed E-state index contributed by atoms with van der Waals surface area (Å²) in [7, 11) is 1.34. The average molecular weight is 167 g/mol. The van der Waals surface area contributed by atoms with Gasteiger partial charge in [0, 0.05) is 7.05 Å². The molecule has 0 aliphatic carbocycles. The molecule has 0 aromatic heterocycles. The van der Waals surface area contributed by atoms with Gasteiger partial charge in [-0.1, -0.05) is 0 Å². The van der Waals surface area contributed by atoms with E-state index in [1.165, 1.54) is 14.0 Å². The molecular formula is C5H8F3N3. The monoisotopic (exact) mass is 167 g/mol. The van der Waals surface area contributed by atoms with Crippen molar-refractivity contribution in [2.24, 2.45) is 15.7 Å². The minimum Gasteiger partial charge on any atom is -0.380 e. The molecule has 0 saturated carbocycles. The molecule has 3 nitrogen and oxygen atoms in total. The van der Waals surface area contributed by atoms with Gasteiger partial charge in [0.25, 0.3) is 0 Å². The zero-order chi connectivity index (χ0) is 9.07. The molecule has 0 rings (SSSR count). The molecule has 0 aliphatic heterocycles. The van der Waals surface area contributed by atoms with Crippen LogP contribution in [0.4, 0.5) is 13.2 Å². The molecule has 11 heavy (non-hydrogen) atoms. The van der Waals surface area contributed by atoms with Crippen molar-refractivity contribution < 1.29 is 13.2 Å². The SMILES string of the molecule is CN=C(C)N=C(N)C(F)(F)F. The fourth-order valence-electron chi connectivity index (χ4n) is 0.288. The van der Waals surface area contributed by atoms with Crippen molar-refractivity contribution in [3.63, 3.8) is 0 Å². The number of rotatable bonds is 0. The third kappa shape index (κ3) is 3.59. The Balaban J connectivity index is 4.48. The van der Waals surface area contributed by atoms with E-state index in [0.717, 1.165) is 0 Å². The van der Waals surface area contributed by atoms with Gasteiger partial charge < -0.3 is 5.73 Å². The van der Waals surface area contributed by atoms with E-state index in [4.69, 9.17) is 0 Å². The molecule has 6 heteroatoms. The molecule has 0 bridgehead atoms. The summed E-state index contributed by atoms with van der Waals surface area (Å²) < 4.78 is 34.9. The molecule has 0 heterocycles. The standard InChI is InChI=1S/C5H8F3N3/c1-3(10-2)11-4(9)5(6,7)8/h1-2H3,(H2,9,10,11). The Morgan fingerprint density at radius 3 is 2.09 bits per heavy atom. The van der Waals surface area contributed by atoms with Crippen LogP contribution < -0.4 is 5.73 Å². The molecule has 0 fully saturated rings. The van der Waals surface area contributed by atoms with E-state index in [0.29, 0.717) is 0 Å². The van der Waals surface area contributed by atoms with Crippen molar-refractivity contribution in [3.05, 3.63) is 0 Å². The zero-order valence-corrected chi connectivity index (χ0v) is 6.11. The maximum Gasteiger partial charge on any atom is 0.449 e. The van der Waals surface area contributed by atoms with Crippen LogP contribution in [0.1, 0.15) is 6.92 Å². The lowest BCUT2D eigenvalue weighted by Gasteiger charge is -2.03. The highest BCUT2D eigenvalue weighted by Crippen LogP contribution is 2.14. The summed E-state index contributed by atoms with van der Waals surface area (Å²) in [4.78, 5) is 6.38. The Morgan fingerprint density at radius 2 is 1.82 bits per heavy atom. The maximum atomic E-state index is 11.6. The number of hydrogen-bond donors (Lipinski definition) is 1. The van der Waals surface area contributed by atoms with Crippen molar-refractivity contribution in [1.82, 2.24) is 0 Å². The van der Waals surface area contributed by atoms with Gasteiger partial charge >= 0.3 is 6.18 Å². The number of amidine groups is 2. The van der Waals surface area contributed by atoms with Crippen LogP contribution in [0.5, 0.6) is 0 Å². The van der Waals surface area contributed by atoms with Crippen LogP contribution in [-0.2, 0) is 0 Å². The minimum absolute atomic E-state index is 0.000162. The zero-order valence-electron chi connectivity index (χ0n) is 6.11. The summed E-state index contributed by atoms with van der Waals surface area (Å²) in [5.41, 5.74) is 4.57. The largest absolute Gasteiger partial charge is 0.449 e. The average Bonchev–Trinajstić information content (AvgIpc) is 1.85. The van der Waals surface area contributed by atoms with E-state index in [9.17, 15) is 13.2 Å². The van der Waals surface area contributed by atoms with Crippen molar-refractivity contribution in [3.8, 4) is 0 Å². The van der Waals surface area contributed by atoms with Gasteiger partial charge in [-0.25, -0.2) is 4.99 Å². The van der Waals surface area contributed by atoms with E-state index >= 15 is 0 Å². The van der Waals surface area contributed by atoms with Crippen LogP contribution in [-0.4, -0.2) is 24.9 Å². The van der Waals surface area contributed by atoms with E-state index in [1.807, 2.05) is 0 Å². The Kier molecular flexibility index (Phi) is 3.03. The molecule has 0 saturated heterocycles. The molecule has 0 aromatic rings. The minimum atomic E-state index is -4.56. The molecule has 0 atom stereocenters. The predicted octanol–water partition coefficient (Wildman–Crippen LogP) is 0.954. The second-order valence-corrected chi connectivity index (χ2v) is 1.77. The molecular weight excluding hydrogens is 159 g/mol. The van der Waals surface area contributed by atoms with Crippen molar-refractivity contribution in [2.75, 3.05) is 7.05 Å². The first-order valence-electron chi connectivity index (χ1n) is 2.72. The summed E-state index contributed by atoms with van der Waals surface area (Å²) in [6.07, 6.45) is -4.56. The molecule has 0 spiro atoms. The lowest BCUT2D eigenvalue weighted by atomic mass is 10.5. The summed E-state index contributed by atoms with van der Waals surface area (Å²) in [6, 6.07) is 0. The van der Waals surface area contributed by atoms with E-state index < -0.39 is 12.0 Å². The number of alkyl halides is 3. The van der Waals surface area contributed by atoms with Gasteiger partial charge in [0.15, 0.2) is 0 Å². The van der Waals surface area contributed by atoms with Crippen molar-refractivity contribution >= 4 is 11.7 Å². The van der Waals surface area contributed by atoms with Crippen LogP contribution in [0, 0.1) is 0 Å². The maximum absolute atomic E-state index is 11.6. The van der Waals surface area contributed by atoms with Gasteiger partial charge in [-0.2, -0.15) is 13.2 Å². The van der Waals surface area contributed by atoms with Crippen LogP contribution in [0.15, 0.2) is 9.98 Å². The second-order valence-electron chi connectivity index (χ2n) is 1.77. The molecule has 0 aliphatic rings. The summed E-state index contributed by atoms with van der Waals surface area (Å²) >= 11 is 0. The number of hydrogen-bond acceptors (Lipinski definition) is 1. The lowest BCUT2D eigenvalue weighted by molar-refractivity contribution is -0.0597. The van der Waals surface area contributed by atoms with Gasteiger partial charge in [0.05, 0.1) is 0 Å². The van der Waals surface area contributed by atoms with Crippen LogP contribution in [0.2, 0.25) is 0 Å². The summed E-state index contributed by atoms with van der Waals surface area (Å²) in [5, 5.41) is 0. The summed E-state index contributed by atoms with van der Waals surface area (Å²) in [5.74, 6) is -1.37. The van der Waals surface area contributed by atoms with Gasteiger partial charge in [-0.3, -0.25) is 4.99 Å². The number of nitrogens with two attached hydrogens (primary N) is 1. The Hall–Kier alpha value is -1.07. The molecule has 64 valence electrons. The lowest BCUT2D eigenvalue weighted by Crippen LogP contribution is -2.31. The first-order chi connectivity index (χ1) is 4.88. The third-order valence-electron chi connectivity index (χ3n) is 0.896. The Labute approximate surface area is 61.8 Å². The van der Waals surface area contributed by atoms with Crippen LogP contribution in [0.3, 0.4) is 0 Å². The van der Waals surface area contributed by atoms with Gasteiger partial charge in [0.1, 0.15) is 5.84 Å². The van der Waals surface area contributed by atoms with Gasteiger partial charge in [-0.05, 0) is 6.92 Å². The highest BCUT2D eigenvalue weighted by Gasteiger charge is 2.33. The normalized spacial score (nSPS) is 15.4. The molecule has 0 radical (unpaired) electrons. The smallest absolute Gasteiger partial charge is 0.380 e. The highest BCUT2D eigenvalue weighted by molar-refractivity contribution is 5.97. The first-order valence-corrected chi connectivity index (χ1v) is 2.72. The molecule has 0 aromatic carbocycles.